The second-order valence-corrected chi connectivity index (χ2v) is 4.25. The van der Waals surface area contributed by atoms with Crippen molar-refractivity contribution < 1.29 is 36.1 Å². The van der Waals surface area contributed by atoms with Crippen LogP contribution in [0.1, 0.15) is 51.7 Å². The van der Waals surface area contributed by atoms with E-state index in [-0.39, 0.29) is 32.6 Å². The number of carbonyl (C=O) groups excluding carboxylic acids is 1. The molecule has 2 aromatic carbocycles. The third-order valence-electron chi connectivity index (χ3n) is 2.65. The predicted molar refractivity (Wildman–Crippen MR) is 102 cm³/mol. The van der Waals surface area contributed by atoms with Gasteiger partial charge in [0.25, 0.3) is 0 Å². The van der Waals surface area contributed by atoms with E-state index in [4.69, 9.17) is 10.2 Å². The first-order valence-electron chi connectivity index (χ1n) is 8.40. The van der Waals surface area contributed by atoms with E-state index in [0.717, 1.165) is 24.8 Å². The summed E-state index contributed by atoms with van der Waals surface area (Å²) in [6, 6.07) is 13.8. The first-order valence-corrected chi connectivity index (χ1v) is 8.40. The first kappa shape index (κ1) is 28.2. The normalized spacial score (nSPS) is 8.04. The summed E-state index contributed by atoms with van der Waals surface area (Å²) in [7, 11) is 0. The number of benzene rings is 2. The predicted octanol–water partition coefficient (Wildman–Crippen LogP) is 5.45. The van der Waals surface area contributed by atoms with Gasteiger partial charge in [-0.15, -0.1) is 12.1 Å². The molecule has 0 unspecified atom stereocenters. The number of hydrogen-bond acceptors (Lipinski definition) is 3. The van der Waals surface area contributed by atoms with Gasteiger partial charge in [0.2, 0.25) is 0 Å². The summed E-state index contributed by atoms with van der Waals surface area (Å²) in [5.41, 5.74) is 1.64. The topological polar surface area (TPSA) is 57.5 Å². The van der Waals surface area contributed by atoms with Crippen LogP contribution in [-0.4, -0.2) is 16.5 Å². The number of unbranched alkanes of at least 4 members (excludes halogenated alkanes) is 1. The van der Waals surface area contributed by atoms with Gasteiger partial charge in [0.1, 0.15) is 0 Å². The fourth-order valence-electron chi connectivity index (χ4n) is 1.56. The van der Waals surface area contributed by atoms with Crippen LogP contribution in [0.15, 0.2) is 48.5 Å². The second kappa shape index (κ2) is 20.4. The van der Waals surface area contributed by atoms with Gasteiger partial charge < -0.3 is 21.9 Å². The Morgan fingerprint density at radius 2 is 1.48 bits per heavy atom. The van der Waals surface area contributed by atoms with Crippen LogP contribution in [0.3, 0.4) is 0 Å². The zero-order valence-corrected chi connectivity index (χ0v) is 18.6. The van der Waals surface area contributed by atoms with Gasteiger partial charge in [-0.25, -0.2) is 0 Å². The number of phenolic OH excluding ortho intramolecular Hbond substituents is 2. The minimum Gasteiger partial charge on any atom is -0.504 e. The molecule has 138 valence electrons. The molecule has 0 saturated carbocycles. The fraction of sp³-hybridized carbons (Fsp3) is 0.333. The van der Waals surface area contributed by atoms with Crippen molar-refractivity contribution >= 4 is 6.29 Å². The SMILES string of the molecule is CC.CC.O=[C-]c1ccccc1.[CH2-]CCCc1ccc(O)c(O)c1.[W+2]. The van der Waals surface area contributed by atoms with Crippen molar-refractivity contribution in [1.82, 2.24) is 0 Å². The molecule has 0 atom stereocenters. The molecule has 2 rings (SSSR count). The average Bonchev–Trinajstić information content (AvgIpc) is 2.67. The van der Waals surface area contributed by atoms with Crippen molar-refractivity contribution in [2.75, 3.05) is 0 Å². The minimum absolute atomic E-state index is 0. The Balaban J connectivity index is -0.000000326. The van der Waals surface area contributed by atoms with Crippen LogP contribution in [0.2, 0.25) is 0 Å². The number of aryl methyl sites for hydroxylation is 1. The fourth-order valence-corrected chi connectivity index (χ4v) is 1.56. The summed E-state index contributed by atoms with van der Waals surface area (Å²) in [4.78, 5) is 9.88. The molecule has 0 amide bonds. The molecule has 0 fully saturated rings. The van der Waals surface area contributed by atoms with E-state index in [1.165, 1.54) is 6.07 Å². The van der Waals surface area contributed by atoms with E-state index < -0.39 is 0 Å². The van der Waals surface area contributed by atoms with Gasteiger partial charge in [0.05, 0.1) is 6.29 Å². The molecule has 0 aliphatic rings. The maximum absolute atomic E-state index is 9.88. The van der Waals surface area contributed by atoms with Gasteiger partial charge >= 0.3 is 21.1 Å². The van der Waals surface area contributed by atoms with Crippen LogP contribution in [0, 0.1) is 6.92 Å². The molecule has 0 bridgehead atoms. The van der Waals surface area contributed by atoms with Crippen molar-refractivity contribution in [3.05, 3.63) is 66.6 Å². The summed E-state index contributed by atoms with van der Waals surface area (Å²) in [5, 5.41) is 18.1. The van der Waals surface area contributed by atoms with Crippen molar-refractivity contribution in [2.45, 2.75) is 47.0 Å². The number of phenols is 2. The van der Waals surface area contributed by atoms with Gasteiger partial charge in [-0.05, 0) is 24.1 Å². The molecule has 3 nitrogen and oxygen atoms in total. The molecule has 4 heteroatoms. The van der Waals surface area contributed by atoms with Crippen LogP contribution < -0.4 is 0 Å². The molecular weight excluding hydrogens is 484 g/mol. The van der Waals surface area contributed by atoms with Gasteiger partial charge in [0.15, 0.2) is 11.5 Å². The first-order chi connectivity index (χ1) is 11.7. The van der Waals surface area contributed by atoms with Gasteiger partial charge in [0, 0.05) is 0 Å². The molecule has 0 heterocycles. The van der Waals surface area contributed by atoms with Gasteiger partial charge in [-0.1, -0.05) is 46.2 Å². The zero-order chi connectivity index (χ0) is 18.8. The van der Waals surface area contributed by atoms with Crippen LogP contribution in [-0.2, 0) is 32.3 Å². The maximum Gasteiger partial charge on any atom is 2.00 e. The van der Waals surface area contributed by atoms with Crippen LogP contribution in [0.4, 0.5) is 0 Å². The Kier molecular flexibility index (Phi) is 23.1. The summed E-state index contributed by atoms with van der Waals surface area (Å²) in [6.45, 7) is 11.7. The van der Waals surface area contributed by atoms with E-state index in [0.29, 0.717) is 5.56 Å². The van der Waals surface area contributed by atoms with E-state index >= 15 is 0 Å². The van der Waals surface area contributed by atoms with E-state index in [9.17, 15) is 4.79 Å². The Morgan fingerprint density at radius 1 is 0.920 bits per heavy atom. The quantitative estimate of drug-likeness (QED) is 0.422. The van der Waals surface area contributed by atoms with Crippen molar-refractivity contribution in [2.24, 2.45) is 0 Å². The molecule has 0 spiro atoms. The van der Waals surface area contributed by atoms with E-state index in [1.54, 1.807) is 36.6 Å². The van der Waals surface area contributed by atoms with Gasteiger partial charge in [-0.3, -0.25) is 0 Å². The van der Waals surface area contributed by atoms with Crippen molar-refractivity contribution in [3.63, 3.8) is 0 Å². The molecule has 0 radical (unpaired) electrons. The number of hydrogen-bond donors (Lipinski definition) is 2. The molecule has 25 heavy (non-hydrogen) atoms. The van der Waals surface area contributed by atoms with E-state index in [2.05, 4.69) is 6.92 Å². The maximum atomic E-state index is 9.88. The largest absolute Gasteiger partial charge is 2.00 e. The Hall–Kier alpha value is -1.60. The number of rotatable bonds is 4. The molecule has 0 aromatic heterocycles. The minimum atomic E-state index is -0.0617. The monoisotopic (exact) mass is 514 g/mol. The Morgan fingerprint density at radius 3 is 1.88 bits per heavy atom. The molecule has 2 aromatic rings. The molecule has 0 aliphatic heterocycles. The third kappa shape index (κ3) is 14.4. The number of aromatic hydroxyl groups is 2. The average molecular weight is 514 g/mol. The summed E-state index contributed by atoms with van der Waals surface area (Å²) >= 11 is 0. The van der Waals surface area contributed by atoms with Crippen molar-refractivity contribution in [3.8, 4) is 11.5 Å². The molecule has 2 N–H and O–H groups in total. The molecule has 0 saturated heterocycles. The van der Waals surface area contributed by atoms with E-state index in [1.807, 2.05) is 39.8 Å². The van der Waals surface area contributed by atoms with Crippen LogP contribution in [0.25, 0.3) is 0 Å². The summed E-state index contributed by atoms with van der Waals surface area (Å²) in [6.07, 6.45) is 4.57. The van der Waals surface area contributed by atoms with Crippen molar-refractivity contribution in [1.29, 1.82) is 0 Å². The van der Waals surface area contributed by atoms with Crippen LogP contribution >= 0.6 is 0 Å². The molecular formula is C21H30O3W. The second-order valence-electron chi connectivity index (χ2n) is 4.25. The summed E-state index contributed by atoms with van der Waals surface area (Å²) in [5.74, 6) is -0.107. The third-order valence-corrected chi connectivity index (χ3v) is 2.65. The standard InChI is InChI=1S/C10H13O2.C7H5O.2C2H6.W/c1-2-3-4-8-5-6-9(11)10(12)7-8;8-6-7-4-2-1-3-5-7;2*1-2;/h5-7,11-12H,1-4H2;1-5H;2*1-2H3;/q2*-1;;;+2. The smallest absolute Gasteiger partial charge is 0.504 e. The van der Waals surface area contributed by atoms with Gasteiger partial charge in [-0.2, -0.15) is 24.1 Å². The molecule has 0 aliphatic carbocycles. The Labute approximate surface area is 167 Å². The Bertz CT molecular complexity index is 528. The zero-order valence-electron chi connectivity index (χ0n) is 15.7. The van der Waals surface area contributed by atoms with Crippen LogP contribution in [0.5, 0.6) is 11.5 Å². The summed E-state index contributed by atoms with van der Waals surface area (Å²) < 4.78 is 0.